The lowest BCUT2D eigenvalue weighted by atomic mass is 9.83. The number of nitriles is 1. The van der Waals surface area contributed by atoms with Gasteiger partial charge in [-0.15, -0.1) is 0 Å². The number of carbonyl (C=O) groups excluding carboxylic acids is 2. The predicted octanol–water partition coefficient (Wildman–Crippen LogP) is 1.54. The number of hydrogen-bond donors (Lipinski definition) is 1. The molecule has 0 radical (unpaired) electrons. The van der Waals surface area contributed by atoms with Gasteiger partial charge in [0.1, 0.15) is 5.54 Å². The van der Waals surface area contributed by atoms with Crippen LogP contribution in [0.15, 0.2) is 16.9 Å². The van der Waals surface area contributed by atoms with Gasteiger partial charge < -0.3 is 10.1 Å². The first kappa shape index (κ1) is 19.6. The molecule has 8 heteroatoms. The second-order valence-electron chi connectivity index (χ2n) is 6.57. The van der Waals surface area contributed by atoms with E-state index >= 15 is 0 Å². The molecule has 8 nitrogen and oxygen atoms in total. The van der Waals surface area contributed by atoms with Gasteiger partial charge in [-0.3, -0.25) is 9.59 Å². The first-order chi connectivity index (χ1) is 12.4. The highest BCUT2D eigenvalue weighted by Gasteiger charge is 2.35. The highest BCUT2D eigenvalue weighted by atomic mass is 16.5. The fourth-order valence-electron chi connectivity index (χ4n) is 2.96. The number of hydrogen-bond acceptors (Lipinski definition) is 6. The highest BCUT2D eigenvalue weighted by molar-refractivity contribution is 5.90. The van der Waals surface area contributed by atoms with E-state index in [4.69, 9.17) is 4.74 Å². The van der Waals surface area contributed by atoms with Gasteiger partial charge in [-0.25, -0.2) is 9.48 Å². The molecule has 2 rings (SSSR count). The van der Waals surface area contributed by atoms with Gasteiger partial charge in [-0.05, 0) is 32.3 Å². The van der Waals surface area contributed by atoms with Crippen molar-refractivity contribution >= 4 is 11.9 Å². The van der Waals surface area contributed by atoms with E-state index in [0.29, 0.717) is 25.8 Å². The van der Waals surface area contributed by atoms with Crippen molar-refractivity contribution in [3.8, 4) is 6.07 Å². The molecule has 0 saturated heterocycles. The summed E-state index contributed by atoms with van der Waals surface area (Å²) in [7, 11) is 0. The van der Waals surface area contributed by atoms with Gasteiger partial charge in [-0.1, -0.05) is 26.2 Å². The molecule has 0 spiro atoms. The van der Waals surface area contributed by atoms with Crippen LogP contribution in [0.2, 0.25) is 0 Å². The van der Waals surface area contributed by atoms with E-state index in [1.165, 1.54) is 23.7 Å². The van der Waals surface area contributed by atoms with E-state index < -0.39 is 23.5 Å². The third-order valence-electron chi connectivity index (χ3n) is 4.45. The van der Waals surface area contributed by atoms with Crippen LogP contribution in [-0.2, 0) is 16.1 Å². The number of ether oxygens (including phenoxy) is 1. The fraction of sp³-hybridized carbons (Fsp3) is 0.611. The summed E-state index contributed by atoms with van der Waals surface area (Å²) in [5.41, 5.74) is -1.23. The molecule has 0 bridgehead atoms. The molecule has 0 aliphatic heterocycles. The highest BCUT2D eigenvalue weighted by Crippen LogP contribution is 2.27. The number of esters is 1. The lowest BCUT2D eigenvalue weighted by molar-refractivity contribution is -0.130. The van der Waals surface area contributed by atoms with Crippen molar-refractivity contribution in [2.75, 3.05) is 0 Å². The van der Waals surface area contributed by atoms with Crippen molar-refractivity contribution in [2.24, 2.45) is 0 Å². The van der Waals surface area contributed by atoms with Gasteiger partial charge in [0, 0.05) is 12.6 Å². The zero-order valence-electron chi connectivity index (χ0n) is 15.2. The maximum absolute atomic E-state index is 12.4. The summed E-state index contributed by atoms with van der Waals surface area (Å²) in [4.78, 5) is 36.2. The van der Waals surface area contributed by atoms with Gasteiger partial charge >= 0.3 is 5.97 Å². The molecule has 1 aromatic heterocycles. The Labute approximate surface area is 152 Å². The molecule has 1 heterocycles. The van der Waals surface area contributed by atoms with E-state index in [0.717, 1.165) is 19.3 Å². The monoisotopic (exact) mass is 360 g/mol. The van der Waals surface area contributed by atoms with Gasteiger partial charge in [0.2, 0.25) is 0 Å². The van der Waals surface area contributed by atoms with E-state index in [2.05, 4.69) is 16.5 Å². The van der Waals surface area contributed by atoms with Crippen LogP contribution in [-0.4, -0.2) is 33.3 Å². The van der Waals surface area contributed by atoms with E-state index in [-0.39, 0.29) is 11.3 Å². The molecular weight excluding hydrogens is 336 g/mol. The molecule has 140 valence electrons. The smallest absolute Gasteiger partial charge is 0.359 e. The number of nitrogens with one attached hydrogen (secondary N) is 1. The maximum atomic E-state index is 12.4. The number of amides is 1. The van der Waals surface area contributed by atoms with Crippen LogP contribution >= 0.6 is 0 Å². The Balaban J connectivity index is 2.02. The van der Waals surface area contributed by atoms with Crippen LogP contribution in [0.5, 0.6) is 0 Å². The molecule has 1 aromatic rings. The van der Waals surface area contributed by atoms with Gasteiger partial charge in [-0.2, -0.15) is 10.4 Å². The van der Waals surface area contributed by atoms with Crippen molar-refractivity contribution < 1.29 is 14.3 Å². The quantitative estimate of drug-likeness (QED) is 0.770. The lowest BCUT2D eigenvalue weighted by Crippen LogP contribution is -2.52. The van der Waals surface area contributed by atoms with Crippen molar-refractivity contribution in [3.05, 3.63) is 28.2 Å². The first-order valence-electron chi connectivity index (χ1n) is 8.93. The lowest BCUT2D eigenvalue weighted by Gasteiger charge is -2.32. The zero-order valence-corrected chi connectivity index (χ0v) is 15.2. The van der Waals surface area contributed by atoms with E-state index in [1.807, 2.05) is 6.92 Å². The molecule has 1 N–H and O–H groups in total. The Morgan fingerprint density at radius 3 is 2.69 bits per heavy atom. The SMILES string of the molecule is CCCn1nc(C(=O)OC(C)C(=O)NC2(C#N)CCCCC2)ccc1=O. The minimum Gasteiger partial charge on any atom is -0.448 e. The molecule has 26 heavy (non-hydrogen) atoms. The Kier molecular flexibility index (Phi) is 6.50. The third kappa shape index (κ3) is 4.69. The molecule has 1 aliphatic rings. The van der Waals surface area contributed by atoms with Crippen LogP contribution in [0.1, 0.15) is 62.9 Å². The number of carbonyl (C=O) groups is 2. The summed E-state index contributed by atoms with van der Waals surface area (Å²) in [6.45, 7) is 3.73. The molecule has 1 fully saturated rings. The van der Waals surface area contributed by atoms with Crippen molar-refractivity contribution in [2.45, 2.75) is 70.6 Å². The fourth-order valence-corrected chi connectivity index (χ4v) is 2.96. The summed E-state index contributed by atoms with van der Waals surface area (Å²) in [6.07, 6.45) is 3.63. The second-order valence-corrected chi connectivity index (χ2v) is 6.57. The van der Waals surface area contributed by atoms with Crippen LogP contribution in [0.3, 0.4) is 0 Å². The Bertz CT molecular complexity index is 759. The Morgan fingerprint density at radius 2 is 2.08 bits per heavy atom. The van der Waals surface area contributed by atoms with Gasteiger partial charge in [0.25, 0.3) is 11.5 Å². The average molecular weight is 360 g/mol. The van der Waals surface area contributed by atoms with Crippen molar-refractivity contribution in [1.82, 2.24) is 15.1 Å². The largest absolute Gasteiger partial charge is 0.448 e. The molecule has 1 saturated carbocycles. The minimum absolute atomic E-state index is 0.0367. The van der Waals surface area contributed by atoms with Crippen LogP contribution in [0, 0.1) is 11.3 Å². The molecule has 0 aromatic carbocycles. The van der Waals surface area contributed by atoms with Crippen LogP contribution in [0.4, 0.5) is 0 Å². The minimum atomic E-state index is -1.07. The predicted molar refractivity (Wildman–Crippen MR) is 93.2 cm³/mol. The molecule has 1 atom stereocenters. The summed E-state index contributed by atoms with van der Waals surface area (Å²) < 4.78 is 6.35. The van der Waals surface area contributed by atoms with E-state index in [9.17, 15) is 19.6 Å². The van der Waals surface area contributed by atoms with Gasteiger partial charge in [0.15, 0.2) is 11.8 Å². The standard InChI is InChI=1S/C18H24N4O4/c1-3-11-22-15(23)8-7-14(21-22)17(25)26-13(2)16(24)20-18(12-19)9-5-4-6-10-18/h7-8,13H,3-6,9-11H2,1-2H3,(H,20,24). The maximum Gasteiger partial charge on any atom is 0.359 e. The van der Waals surface area contributed by atoms with Crippen LogP contribution in [0.25, 0.3) is 0 Å². The topological polar surface area (TPSA) is 114 Å². The summed E-state index contributed by atoms with van der Waals surface area (Å²) in [5, 5.41) is 16.1. The summed E-state index contributed by atoms with van der Waals surface area (Å²) in [5.74, 6) is -1.30. The molecule has 1 unspecified atom stereocenters. The van der Waals surface area contributed by atoms with Crippen molar-refractivity contribution in [3.63, 3.8) is 0 Å². The third-order valence-corrected chi connectivity index (χ3v) is 4.45. The van der Waals surface area contributed by atoms with Gasteiger partial charge in [0.05, 0.1) is 6.07 Å². The first-order valence-corrected chi connectivity index (χ1v) is 8.93. The van der Waals surface area contributed by atoms with E-state index in [1.54, 1.807) is 0 Å². The number of aromatic nitrogens is 2. The van der Waals surface area contributed by atoms with Crippen LogP contribution < -0.4 is 10.9 Å². The molecule has 1 aliphatic carbocycles. The zero-order chi connectivity index (χ0) is 19.2. The molecular formula is C18H24N4O4. The number of aryl methyl sites for hydroxylation is 1. The Morgan fingerprint density at radius 1 is 1.38 bits per heavy atom. The normalized spacial score (nSPS) is 17.0. The average Bonchev–Trinajstić information content (AvgIpc) is 2.64. The second kappa shape index (κ2) is 8.61. The molecule has 1 amide bonds. The number of nitrogens with zero attached hydrogens (tertiary/aromatic N) is 3. The van der Waals surface area contributed by atoms with Crippen molar-refractivity contribution in [1.29, 1.82) is 5.26 Å². The Hall–Kier alpha value is -2.69. The summed E-state index contributed by atoms with van der Waals surface area (Å²) in [6, 6.07) is 4.72. The summed E-state index contributed by atoms with van der Waals surface area (Å²) >= 11 is 0. The number of rotatable bonds is 6.